The van der Waals surface area contributed by atoms with Gasteiger partial charge in [0.2, 0.25) is 0 Å². The van der Waals surface area contributed by atoms with Gasteiger partial charge in [-0.25, -0.2) is 4.39 Å². The van der Waals surface area contributed by atoms with Crippen LogP contribution in [-0.2, 0) is 11.3 Å². The van der Waals surface area contributed by atoms with Gasteiger partial charge in [-0.3, -0.25) is 4.79 Å². The topological polar surface area (TPSA) is 45.7 Å². The van der Waals surface area contributed by atoms with Gasteiger partial charge >= 0.3 is 0 Å². The Labute approximate surface area is 146 Å². The summed E-state index contributed by atoms with van der Waals surface area (Å²) in [6, 6.07) is 20.9. The number of carbonyl (C=O) groups excluding carboxylic acids is 1. The van der Waals surface area contributed by atoms with E-state index in [1.54, 1.807) is 12.1 Å². The van der Waals surface area contributed by atoms with E-state index in [9.17, 15) is 9.18 Å². The molecule has 0 aliphatic heterocycles. The van der Waals surface area contributed by atoms with E-state index in [-0.39, 0.29) is 17.8 Å². The molecule has 0 aromatic heterocycles. The molecule has 3 N–H and O–H groups in total. The number of carbonyl (C=O) groups is 1. The number of hydrogen-bond donors (Lipinski definition) is 2. The van der Waals surface area contributed by atoms with Gasteiger partial charge in [0, 0.05) is 12.1 Å². The second kappa shape index (κ2) is 7.90. The molecule has 1 atom stereocenters. The first-order chi connectivity index (χ1) is 12.1. The number of halogens is 1. The van der Waals surface area contributed by atoms with Gasteiger partial charge in [-0.1, -0.05) is 54.6 Å². The monoisotopic (exact) mass is 337 g/mol. The highest BCUT2D eigenvalue weighted by atomic mass is 19.1. The molecule has 0 fully saturated rings. The highest BCUT2D eigenvalue weighted by molar-refractivity contribution is 5.85. The van der Waals surface area contributed by atoms with E-state index in [1.165, 1.54) is 28.5 Å². The lowest BCUT2D eigenvalue weighted by atomic mass is 10.00. The van der Waals surface area contributed by atoms with E-state index < -0.39 is 0 Å². The first-order valence-electron chi connectivity index (χ1n) is 8.45. The van der Waals surface area contributed by atoms with Crippen LogP contribution < -0.4 is 10.6 Å². The third-order valence-corrected chi connectivity index (χ3v) is 4.37. The first kappa shape index (κ1) is 17.1. The van der Waals surface area contributed by atoms with Crippen molar-refractivity contribution in [2.75, 3.05) is 6.54 Å². The van der Waals surface area contributed by atoms with Gasteiger partial charge in [0.05, 0.1) is 0 Å². The van der Waals surface area contributed by atoms with Gasteiger partial charge in [-0.2, -0.15) is 0 Å². The maximum atomic E-state index is 12.9. The van der Waals surface area contributed by atoms with Crippen LogP contribution in [0.5, 0.6) is 0 Å². The van der Waals surface area contributed by atoms with Crippen molar-refractivity contribution in [3.05, 3.63) is 83.7 Å². The number of nitrogens with one attached hydrogen (secondary N) is 1. The largest absolute Gasteiger partial charge is 0.347 e. The lowest BCUT2D eigenvalue weighted by Crippen LogP contribution is -2.87. The number of benzene rings is 3. The van der Waals surface area contributed by atoms with Crippen LogP contribution in [0.3, 0.4) is 0 Å². The molecule has 3 aromatic carbocycles. The maximum absolute atomic E-state index is 12.9. The van der Waals surface area contributed by atoms with Gasteiger partial charge in [0.25, 0.3) is 5.91 Å². The van der Waals surface area contributed by atoms with E-state index in [2.05, 4.69) is 42.6 Å². The van der Waals surface area contributed by atoms with E-state index >= 15 is 0 Å². The highest BCUT2D eigenvalue weighted by Crippen LogP contribution is 2.21. The van der Waals surface area contributed by atoms with Crippen LogP contribution in [0.4, 0.5) is 4.39 Å². The second-order valence-electron chi connectivity index (χ2n) is 6.20. The fourth-order valence-electron chi connectivity index (χ4n) is 2.93. The molecule has 0 saturated carbocycles. The summed E-state index contributed by atoms with van der Waals surface area (Å²) in [6.07, 6.45) is 0. The van der Waals surface area contributed by atoms with Crippen molar-refractivity contribution >= 4 is 16.7 Å². The Kier molecular flexibility index (Phi) is 5.41. The lowest BCUT2D eigenvalue weighted by molar-refractivity contribution is -0.682. The predicted octanol–water partition coefficient (Wildman–Crippen LogP) is 2.92. The molecular weight excluding hydrogens is 315 g/mol. The molecule has 4 heteroatoms. The number of hydrogen-bond acceptors (Lipinski definition) is 1. The second-order valence-corrected chi connectivity index (χ2v) is 6.20. The third kappa shape index (κ3) is 4.43. The average Bonchev–Trinajstić information content (AvgIpc) is 2.65. The summed E-state index contributed by atoms with van der Waals surface area (Å²) in [5.41, 5.74) is 2.11. The standard InChI is InChI=1S/C21H21FN2O/c1-15(19-8-4-6-17-5-2-3-7-20(17)19)23-14-21(25)24-13-16-9-11-18(22)12-10-16/h2-12,15,23H,13-14H2,1H3,(H,24,25)/p+1/t15-/m0/s1. The molecule has 0 aliphatic rings. The molecule has 3 rings (SSSR count). The Balaban J connectivity index is 1.55. The summed E-state index contributed by atoms with van der Waals surface area (Å²) in [5, 5.41) is 7.33. The van der Waals surface area contributed by atoms with Crippen LogP contribution in [0.15, 0.2) is 66.7 Å². The van der Waals surface area contributed by atoms with Gasteiger partial charge in [0.15, 0.2) is 6.54 Å². The zero-order valence-electron chi connectivity index (χ0n) is 14.2. The average molecular weight is 337 g/mol. The van der Waals surface area contributed by atoms with Crippen LogP contribution in [-0.4, -0.2) is 12.5 Å². The van der Waals surface area contributed by atoms with Gasteiger partial charge in [-0.05, 0) is 35.4 Å². The van der Waals surface area contributed by atoms with Crippen LogP contribution in [0.25, 0.3) is 10.8 Å². The normalized spacial score (nSPS) is 12.1. The van der Waals surface area contributed by atoms with Gasteiger partial charge in [-0.15, -0.1) is 0 Å². The summed E-state index contributed by atoms with van der Waals surface area (Å²) >= 11 is 0. The number of quaternary nitrogens is 1. The van der Waals surface area contributed by atoms with Crippen molar-refractivity contribution in [3.63, 3.8) is 0 Å². The quantitative estimate of drug-likeness (QED) is 0.714. The van der Waals surface area contributed by atoms with Crippen LogP contribution >= 0.6 is 0 Å². The van der Waals surface area contributed by atoms with Crippen molar-refractivity contribution in [2.24, 2.45) is 0 Å². The number of rotatable bonds is 6. The Morgan fingerprint density at radius 2 is 1.76 bits per heavy atom. The zero-order valence-corrected chi connectivity index (χ0v) is 14.2. The SMILES string of the molecule is C[C@H]([NH2+]CC(=O)NCc1ccc(F)cc1)c1cccc2ccccc12. The molecule has 1 amide bonds. The van der Waals surface area contributed by atoms with Crippen molar-refractivity contribution in [2.45, 2.75) is 19.5 Å². The molecule has 0 heterocycles. The summed E-state index contributed by atoms with van der Waals surface area (Å²) in [6.45, 7) is 2.87. The van der Waals surface area contributed by atoms with Gasteiger partial charge < -0.3 is 10.6 Å². The minimum Gasteiger partial charge on any atom is -0.347 e. The third-order valence-electron chi connectivity index (χ3n) is 4.37. The first-order valence-corrected chi connectivity index (χ1v) is 8.45. The van der Waals surface area contributed by atoms with E-state index in [0.717, 1.165) is 5.56 Å². The Morgan fingerprint density at radius 3 is 2.56 bits per heavy atom. The van der Waals surface area contributed by atoms with Crippen molar-refractivity contribution < 1.29 is 14.5 Å². The molecule has 0 spiro atoms. The molecule has 0 aliphatic carbocycles. The van der Waals surface area contributed by atoms with E-state index in [4.69, 9.17) is 0 Å². The van der Waals surface area contributed by atoms with E-state index in [1.807, 2.05) is 17.4 Å². The smallest absolute Gasteiger partial charge is 0.275 e. The fraction of sp³-hybridized carbons (Fsp3) is 0.190. The van der Waals surface area contributed by atoms with Crippen LogP contribution in [0.1, 0.15) is 24.1 Å². The van der Waals surface area contributed by atoms with Crippen molar-refractivity contribution in [1.29, 1.82) is 0 Å². The zero-order chi connectivity index (χ0) is 17.6. The minimum absolute atomic E-state index is 0.0311. The molecule has 0 radical (unpaired) electrons. The minimum atomic E-state index is -0.271. The molecule has 128 valence electrons. The van der Waals surface area contributed by atoms with E-state index in [0.29, 0.717) is 13.1 Å². The Hall–Kier alpha value is -2.72. The molecule has 25 heavy (non-hydrogen) atoms. The van der Waals surface area contributed by atoms with Crippen LogP contribution in [0.2, 0.25) is 0 Å². The van der Waals surface area contributed by atoms with Crippen molar-refractivity contribution in [3.8, 4) is 0 Å². The van der Waals surface area contributed by atoms with Gasteiger partial charge in [0.1, 0.15) is 11.9 Å². The molecule has 0 saturated heterocycles. The summed E-state index contributed by atoms with van der Waals surface area (Å²) < 4.78 is 12.9. The molecule has 3 nitrogen and oxygen atoms in total. The molecule has 0 bridgehead atoms. The van der Waals surface area contributed by atoms with Crippen molar-refractivity contribution in [1.82, 2.24) is 5.32 Å². The Morgan fingerprint density at radius 1 is 1.04 bits per heavy atom. The summed E-state index contributed by atoms with van der Waals surface area (Å²) in [7, 11) is 0. The number of nitrogens with two attached hydrogens (primary N) is 1. The molecular formula is C21H22FN2O+. The maximum Gasteiger partial charge on any atom is 0.275 e. The summed E-state index contributed by atoms with van der Waals surface area (Å²) in [4.78, 5) is 12.1. The fourth-order valence-corrected chi connectivity index (χ4v) is 2.93. The number of fused-ring (bicyclic) bond motifs is 1. The van der Waals surface area contributed by atoms with Crippen LogP contribution in [0, 0.1) is 5.82 Å². The molecule has 0 unspecified atom stereocenters. The summed E-state index contributed by atoms with van der Waals surface area (Å²) in [5.74, 6) is -0.302. The molecule has 3 aromatic rings. The highest BCUT2D eigenvalue weighted by Gasteiger charge is 2.13. The Bertz CT molecular complexity index is 856. The number of amides is 1. The lowest BCUT2D eigenvalue weighted by Gasteiger charge is -2.13. The predicted molar refractivity (Wildman–Crippen MR) is 97.4 cm³/mol.